The Bertz CT molecular complexity index is 537. The van der Waals surface area contributed by atoms with Crippen LogP contribution in [0, 0.1) is 0 Å². The number of nitrogens with one attached hydrogen (secondary N) is 2. The van der Waals surface area contributed by atoms with Crippen LogP contribution in [0.15, 0.2) is 35.1 Å². The minimum atomic E-state index is -0.259. The van der Waals surface area contributed by atoms with Gasteiger partial charge in [0, 0.05) is 12.2 Å². The maximum atomic E-state index is 11.9. The summed E-state index contributed by atoms with van der Waals surface area (Å²) in [5, 5.41) is 5.78. The van der Waals surface area contributed by atoms with Crippen LogP contribution in [0.4, 0.5) is 5.95 Å². The number of nitrogens with zero attached hydrogens (tertiary/aromatic N) is 2. The molecule has 0 saturated carbocycles. The van der Waals surface area contributed by atoms with Crippen LogP contribution >= 0.6 is 0 Å². The Balaban J connectivity index is 1.98. The Morgan fingerprint density at radius 1 is 1.42 bits per heavy atom. The first kappa shape index (κ1) is 13.1. The molecule has 0 aliphatic carbocycles. The van der Waals surface area contributed by atoms with E-state index in [-0.39, 0.29) is 11.9 Å². The highest BCUT2D eigenvalue weighted by molar-refractivity contribution is 5.92. The molecule has 0 unspecified atom stereocenters. The summed E-state index contributed by atoms with van der Waals surface area (Å²) < 4.78 is 5.14. The average Bonchev–Trinajstić information content (AvgIpc) is 2.88. The first-order chi connectivity index (χ1) is 9.15. The molecule has 1 amide bonds. The van der Waals surface area contributed by atoms with Crippen LogP contribution < -0.4 is 10.6 Å². The molecular weight excluding hydrogens is 244 g/mol. The van der Waals surface area contributed by atoms with Gasteiger partial charge in [-0.3, -0.25) is 4.79 Å². The van der Waals surface area contributed by atoms with Crippen LogP contribution in [0.2, 0.25) is 0 Å². The van der Waals surface area contributed by atoms with E-state index >= 15 is 0 Å². The first-order valence-electron chi connectivity index (χ1n) is 6.05. The van der Waals surface area contributed by atoms with Gasteiger partial charge in [-0.25, -0.2) is 9.97 Å². The summed E-state index contributed by atoms with van der Waals surface area (Å²) in [6.45, 7) is 4.29. The lowest BCUT2D eigenvalue weighted by atomic mass is 10.3. The molecule has 2 heterocycles. The summed E-state index contributed by atoms with van der Waals surface area (Å²) >= 11 is 0. The number of furan rings is 1. The van der Waals surface area contributed by atoms with E-state index in [1.807, 2.05) is 13.8 Å². The van der Waals surface area contributed by atoms with Gasteiger partial charge >= 0.3 is 0 Å². The van der Waals surface area contributed by atoms with Crippen LogP contribution in [-0.2, 0) is 6.54 Å². The first-order valence-corrected chi connectivity index (χ1v) is 6.05. The molecule has 0 aliphatic rings. The van der Waals surface area contributed by atoms with Crippen molar-refractivity contribution in [2.24, 2.45) is 0 Å². The fourth-order valence-corrected chi connectivity index (χ4v) is 1.48. The molecule has 0 fully saturated rings. The number of hydrogen-bond acceptors (Lipinski definition) is 5. The molecule has 6 nitrogen and oxygen atoms in total. The van der Waals surface area contributed by atoms with Crippen molar-refractivity contribution in [1.82, 2.24) is 15.3 Å². The molecular formula is C13H16N4O2. The minimum absolute atomic E-state index is 0.210. The van der Waals surface area contributed by atoms with Crippen LogP contribution in [0.1, 0.15) is 30.1 Å². The highest BCUT2D eigenvalue weighted by Crippen LogP contribution is 2.03. The van der Waals surface area contributed by atoms with Gasteiger partial charge in [-0.1, -0.05) is 0 Å². The van der Waals surface area contributed by atoms with Crippen molar-refractivity contribution in [2.45, 2.75) is 26.4 Å². The Labute approximate surface area is 111 Å². The molecule has 6 heteroatoms. The average molecular weight is 260 g/mol. The van der Waals surface area contributed by atoms with E-state index in [9.17, 15) is 4.79 Å². The summed E-state index contributed by atoms with van der Waals surface area (Å²) in [7, 11) is 0. The van der Waals surface area contributed by atoms with Gasteiger partial charge in [0.2, 0.25) is 5.95 Å². The van der Waals surface area contributed by atoms with Crippen molar-refractivity contribution in [3.05, 3.63) is 42.1 Å². The van der Waals surface area contributed by atoms with E-state index in [4.69, 9.17) is 4.42 Å². The zero-order chi connectivity index (χ0) is 13.7. The molecule has 0 aliphatic heterocycles. The van der Waals surface area contributed by atoms with E-state index in [1.165, 1.54) is 0 Å². The van der Waals surface area contributed by atoms with Gasteiger partial charge in [0.1, 0.15) is 11.5 Å². The van der Waals surface area contributed by atoms with E-state index in [0.717, 1.165) is 0 Å². The number of rotatable bonds is 5. The highest BCUT2D eigenvalue weighted by Gasteiger charge is 2.09. The van der Waals surface area contributed by atoms with E-state index in [0.29, 0.717) is 23.9 Å². The van der Waals surface area contributed by atoms with Gasteiger partial charge in [0.15, 0.2) is 0 Å². The van der Waals surface area contributed by atoms with Gasteiger partial charge in [0.05, 0.1) is 12.8 Å². The van der Waals surface area contributed by atoms with Gasteiger partial charge < -0.3 is 15.1 Å². The SMILES string of the molecule is CC(C)Nc1nccc(C(=O)NCc2ccco2)n1. The van der Waals surface area contributed by atoms with Gasteiger partial charge in [-0.15, -0.1) is 0 Å². The zero-order valence-corrected chi connectivity index (χ0v) is 10.9. The molecule has 0 spiro atoms. The summed E-state index contributed by atoms with van der Waals surface area (Å²) in [6.07, 6.45) is 3.12. The Kier molecular flexibility index (Phi) is 4.12. The highest BCUT2D eigenvalue weighted by atomic mass is 16.3. The predicted octanol–water partition coefficient (Wildman–Crippen LogP) is 1.82. The molecule has 0 bridgehead atoms. The fraction of sp³-hybridized carbons (Fsp3) is 0.308. The molecule has 2 N–H and O–H groups in total. The smallest absolute Gasteiger partial charge is 0.270 e. The van der Waals surface area contributed by atoms with Crippen molar-refractivity contribution in [2.75, 3.05) is 5.32 Å². The summed E-state index contributed by atoms with van der Waals surface area (Å²) in [6, 6.07) is 5.35. The quantitative estimate of drug-likeness (QED) is 0.857. The van der Waals surface area contributed by atoms with E-state index in [1.54, 1.807) is 30.7 Å². The third-order valence-electron chi connectivity index (χ3n) is 2.31. The van der Waals surface area contributed by atoms with Gasteiger partial charge in [-0.05, 0) is 32.0 Å². The van der Waals surface area contributed by atoms with Crippen LogP contribution in [-0.4, -0.2) is 21.9 Å². The lowest BCUT2D eigenvalue weighted by molar-refractivity contribution is 0.0943. The second kappa shape index (κ2) is 5.99. The van der Waals surface area contributed by atoms with E-state index in [2.05, 4.69) is 20.6 Å². The molecule has 0 saturated heterocycles. The molecule has 19 heavy (non-hydrogen) atoms. The van der Waals surface area contributed by atoms with Gasteiger partial charge in [0.25, 0.3) is 5.91 Å². The van der Waals surface area contributed by atoms with E-state index < -0.39 is 0 Å². The number of carbonyl (C=O) groups excluding carboxylic acids is 1. The van der Waals surface area contributed by atoms with Crippen LogP contribution in [0.5, 0.6) is 0 Å². The Morgan fingerprint density at radius 3 is 2.95 bits per heavy atom. The molecule has 0 atom stereocenters. The molecule has 0 radical (unpaired) electrons. The number of anilines is 1. The van der Waals surface area contributed by atoms with Crippen LogP contribution in [0.3, 0.4) is 0 Å². The van der Waals surface area contributed by atoms with Gasteiger partial charge in [-0.2, -0.15) is 0 Å². The molecule has 2 aromatic heterocycles. The third kappa shape index (κ3) is 3.80. The standard InChI is InChI=1S/C13H16N4O2/c1-9(2)16-13-14-6-5-11(17-13)12(18)15-8-10-4-3-7-19-10/h3-7,9H,8H2,1-2H3,(H,15,18)(H,14,16,17). The number of carbonyl (C=O) groups is 1. The lowest BCUT2D eigenvalue weighted by Gasteiger charge is -2.08. The van der Waals surface area contributed by atoms with Crippen molar-refractivity contribution in [3.63, 3.8) is 0 Å². The monoisotopic (exact) mass is 260 g/mol. The minimum Gasteiger partial charge on any atom is -0.467 e. The zero-order valence-electron chi connectivity index (χ0n) is 10.9. The molecule has 2 rings (SSSR count). The fourth-order valence-electron chi connectivity index (χ4n) is 1.48. The molecule has 2 aromatic rings. The Morgan fingerprint density at radius 2 is 2.26 bits per heavy atom. The van der Waals surface area contributed by atoms with Crippen molar-refractivity contribution < 1.29 is 9.21 Å². The summed E-state index contributed by atoms with van der Waals surface area (Å²) in [5.41, 5.74) is 0.324. The van der Waals surface area contributed by atoms with Crippen molar-refractivity contribution in [3.8, 4) is 0 Å². The largest absolute Gasteiger partial charge is 0.467 e. The number of amides is 1. The second-order valence-electron chi connectivity index (χ2n) is 4.33. The predicted molar refractivity (Wildman–Crippen MR) is 70.7 cm³/mol. The molecule has 0 aromatic carbocycles. The van der Waals surface area contributed by atoms with Crippen molar-refractivity contribution in [1.29, 1.82) is 0 Å². The van der Waals surface area contributed by atoms with Crippen molar-refractivity contribution >= 4 is 11.9 Å². The normalized spacial score (nSPS) is 10.5. The topological polar surface area (TPSA) is 80.0 Å². The lowest BCUT2D eigenvalue weighted by Crippen LogP contribution is -2.24. The third-order valence-corrected chi connectivity index (χ3v) is 2.31. The maximum Gasteiger partial charge on any atom is 0.270 e. The second-order valence-corrected chi connectivity index (χ2v) is 4.33. The maximum absolute atomic E-state index is 11.9. The molecule has 100 valence electrons. The van der Waals surface area contributed by atoms with Crippen LogP contribution in [0.25, 0.3) is 0 Å². The summed E-state index contributed by atoms with van der Waals surface area (Å²) in [5.74, 6) is 0.884. The Hall–Kier alpha value is -2.37. The number of hydrogen-bond donors (Lipinski definition) is 2. The number of aromatic nitrogens is 2. The summed E-state index contributed by atoms with van der Waals surface area (Å²) in [4.78, 5) is 20.1.